The number of likely N-dealkylation sites (tertiary alicyclic amines) is 1. The number of aliphatic hydroxyl groups excluding tert-OH is 1. The molecule has 6 heteroatoms. The molecular weight excluding hydrogens is 320 g/mol. The topological polar surface area (TPSA) is 54.4 Å². The van der Waals surface area contributed by atoms with Gasteiger partial charge in [0, 0.05) is 37.8 Å². The van der Waals surface area contributed by atoms with Crippen molar-refractivity contribution in [3.05, 3.63) is 23.8 Å². The zero-order valence-electron chi connectivity index (χ0n) is 15.3. The van der Waals surface area contributed by atoms with E-state index in [0.29, 0.717) is 13.1 Å². The van der Waals surface area contributed by atoms with Crippen molar-refractivity contribution in [3.63, 3.8) is 0 Å². The molecule has 0 unspecified atom stereocenters. The van der Waals surface area contributed by atoms with Gasteiger partial charge in [0.2, 0.25) is 0 Å². The Balaban J connectivity index is 1.65. The van der Waals surface area contributed by atoms with Gasteiger partial charge in [-0.05, 0) is 37.6 Å². The van der Waals surface area contributed by atoms with Crippen molar-refractivity contribution in [1.82, 2.24) is 9.80 Å². The second-order valence-corrected chi connectivity index (χ2v) is 6.83. The SMILES string of the molecule is COc1ccc(OC)c([C@H]2CCCN2C[C@@H](O)CN2CCOCC2)c1. The van der Waals surface area contributed by atoms with Gasteiger partial charge in [0.1, 0.15) is 11.5 Å². The van der Waals surface area contributed by atoms with Crippen molar-refractivity contribution in [2.24, 2.45) is 0 Å². The lowest BCUT2D eigenvalue weighted by Crippen LogP contribution is -2.44. The van der Waals surface area contributed by atoms with Gasteiger partial charge in [0.15, 0.2) is 0 Å². The molecule has 6 nitrogen and oxygen atoms in total. The predicted octanol–water partition coefficient (Wildman–Crippen LogP) is 1.53. The highest BCUT2D eigenvalue weighted by atomic mass is 16.5. The van der Waals surface area contributed by atoms with Crippen molar-refractivity contribution in [1.29, 1.82) is 0 Å². The van der Waals surface area contributed by atoms with E-state index in [2.05, 4.69) is 15.9 Å². The van der Waals surface area contributed by atoms with Gasteiger partial charge in [0.25, 0.3) is 0 Å². The molecule has 0 radical (unpaired) electrons. The van der Waals surface area contributed by atoms with E-state index in [-0.39, 0.29) is 12.1 Å². The largest absolute Gasteiger partial charge is 0.497 e. The van der Waals surface area contributed by atoms with E-state index in [1.807, 2.05) is 12.1 Å². The Labute approximate surface area is 150 Å². The maximum absolute atomic E-state index is 10.6. The van der Waals surface area contributed by atoms with Crippen molar-refractivity contribution in [2.75, 3.05) is 60.2 Å². The Morgan fingerprint density at radius 1 is 1.16 bits per heavy atom. The quantitative estimate of drug-likeness (QED) is 0.805. The number of ether oxygens (including phenoxy) is 3. The van der Waals surface area contributed by atoms with Crippen molar-refractivity contribution < 1.29 is 19.3 Å². The van der Waals surface area contributed by atoms with Gasteiger partial charge in [-0.2, -0.15) is 0 Å². The molecule has 2 aliphatic heterocycles. The van der Waals surface area contributed by atoms with Crippen LogP contribution in [-0.2, 0) is 4.74 Å². The van der Waals surface area contributed by atoms with Crippen LogP contribution in [0.5, 0.6) is 11.5 Å². The van der Waals surface area contributed by atoms with E-state index in [0.717, 1.165) is 62.8 Å². The number of morpholine rings is 1. The van der Waals surface area contributed by atoms with Crippen molar-refractivity contribution in [2.45, 2.75) is 25.0 Å². The standard InChI is InChI=1S/C19H30N2O4/c1-23-16-5-6-19(24-2)17(12-16)18-4-3-7-21(18)14-15(22)13-20-8-10-25-11-9-20/h5-6,12,15,18,22H,3-4,7-11,13-14H2,1-2H3/t15-,18+/m0/s1. The fraction of sp³-hybridized carbons (Fsp3) is 0.684. The first kappa shape index (κ1) is 18.5. The summed E-state index contributed by atoms with van der Waals surface area (Å²) >= 11 is 0. The monoisotopic (exact) mass is 350 g/mol. The molecule has 2 aliphatic rings. The van der Waals surface area contributed by atoms with Gasteiger partial charge in [-0.3, -0.25) is 9.80 Å². The minimum Gasteiger partial charge on any atom is -0.497 e. The Hall–Kier alpha value is -1.34. The number of aliphatic hydroxyl groups is 1. The summed E-state index contributed by atoms with van der Waals surface area (Å²) in [5.74, 6) is 1.73. The summed E-state index contributed by atoms with van der Waals surface area (Å²) in [6.07, 6.45) is 1.86. The van der Waals surface area contributed by atoms with Crippen LogP contribution in [0.1, 0.15) is 24.4 Å². The third kappa shape index (κ3) is 4.64. The van der Waals surface area contributed by atoms with E-state index >= 15 is 0 Å². The fourth-order valence-electron chi connectivity index (χ4n) is 3.91. The molecule has 1 N–H and O–H groups in total. The number of β-amino-alcohol motifs (C(OH)–C–C–N with tert-alkyl or cyclic N) is 1. The molecule has 0 aliphatic carbocycles. The molecular formula is C19H30N2O4. The lowest BCUT2D eigenvalue weighted by molar-refractivity contribution is 0.00578. The number of rotatable bonds is 7. The highest BCUT2D eigenvalue weighted by molar-refractivity contribution is 5.42. The molecule has 1 aromatic rings. The second-order valence-electron chi connectivity index (χ2n) is 6.83. The Morgan fingerprint density at radius 2 is 1.96 bits per heavy atom. The van der Waals surface area contributed by atoms with E-state index in [1.54, 1.807) is 14.2 Å². The molecule has 2 atom stereocenters. The smallest absolute Gasteiger partial charge is 0.123 e. The minimum atomic E-state index is -0.352. The first-order valence-electron chi connectivity index (χ1n) is 9.15. The van der Waals surface area contributed by atoms with Crippen molar-refractivity contribution >= 4 is 0 Å². The van der Waals surface area contributed by atoms with E-state index < -0.39 is 0 Å². The first-order chi connectivity index (χ1) is 12.2. The second kappa shape index (κ2) is 8.85. The molecule has 2 saturated heterocycles. The van der Waals surface area contributed by atoms with Gasteiger partial charge in [-0.1, -0.05) is 0 Å². The summed E-state index contributed by atoms with van der Waals surface area (Å²) in [6.45, 7) is 5.74. The molecule has 0 saturated carbocycles. The third-order valence-electron chi connectivity index (χ3n) is 5.18. The number of benzene rings is 1. The van der Waals surface area contributed by atoms with Crippen LogP contribution in [0.4, 0.5) is 0 Å². The van der Waals surface area contributed by atoms with Crippen molar-refractivity contribution in [3.8, 4) is 11.5 Å². The Morgan fingerprint density at radius 3 is 2.68 bits per heavy atom. The van der Waals surface area contributed by atoms with Crippen LogP contribution < -0.4 is 9.47 Å². The average Bonchev–Trinajstić information content (AvgIpc) is 3.09. The van der Waals surface area contributed by atoms with Gasteiger partial charge >= 0.3 is 0 Å². The average molecular weight is 350 g/mol. The maximum atomic E-state index is 10.6. The molecule has 1 aromatic carbocycles. The molecule has 140 valence electrons. The molecule has 0 aromatic heterocycles. The van der Waals surface area contributed by atoms with Crippen LogP contribution in [-0.4, -0.2) is 81.2 Å². The Kier molecular flexibility index (Phi) is 6.53. The molecule has 2 heterocycles. The zero-order chi connectivity index (χ0) is 17.6. The zero-order valence-corrected chi connectivity index (χ0v) is 15.3. The van der Waals surface area contributed by atoms with Crippen LogP contribution in [0.2, 0.25) is 0 Å². The molecule has 0 spiro atoms. The van der Waals surface area contributed by atoms with Gasteiger partial charge in [-0.25, -0.2) is 0 Å². The third-order valence-corrected chi connectivity index (χ3v) is 5.18. The minimum absolute atomic E-state index is 0.268. The summed E-state index contributed by atoms with van der Waals surface area (Å²) < 4.78 is 16.3. The molecule has 3 rings (SSSR count). The maximum Gasteiger partial charge on any atom is 0.123 e. The van der Waals surface area contributed by atoms with Crippen LogP contribution in [0.3, 0.4) is 0 Å². The normalized spacial score (nSPS) is 23.6. The van der Waals surface area contributed by atoms with Crippen LogP contribution in [0.25, 0.3) is 0 Å². The highest BCUT2D eigenvalue weighted by Gasteiger charge is 2.30. The van der Waals surface area contributed by atoms with E-state index in [9.17, 15) is 5.11 Å². The summed E-state index contributed by atoms with van der Waals surface area (Å²) in [4.78, 5) is 4.66. The van der Waals surface area contributed by atoms with Gasteiger partial charge in [0.05, 0.1) is 33.5 Å². The summed E-state index contributed by atoms with van der Waals surface area (Å²) in [6, 6.07) is 6.23. The Bertz CT molecular complexity index is 548. The van der Waals surface area contributed by atoms with E-state index in [1.165, 1.54) is 0 Å². The van der Waals surface area contributed by atoms with Crippen LogP contribution in [0, 0.1) is 0 Å². The summed E-state index contributed by atoms with van der Waals surface area (Å²) in [5.41, 5.74) is 1.15. The lowest BCUT2D eigenvalue weighted by Gasteiger charge is -2.32. The van der Waals surface area contributed by atoms with Crippen LogP contribution >= 0.6 is 0 Å². The summed E-state index contributed by atoms with van der Waals surface area (Å²) in [5, 5.41) is 10.6. The highest BCUT2D eigenvalue weighted by Crippen LogP contribution is 2.38. The molecule has 0 bridgehead atoms. The predicted molar refractivity (Wildman–Crippen MR) is 96.4 cm³/mol. The number of hydrogen-bond acceptors (Lipinski definition) is 6. The van der Waals surface area contributed by atoms with E-state index in [4.69, 9.17) is 14.2 Å². The number of methoxy groups -OCH3 is 2. The summed E-state index contributed by atoms with van der Waals surface area (Å²) in [7, 11) is 3.39. The molecule has 0 amide bonds. The number of hydrogen-bond donors (Lipinski definition) is 1. The molecule has 25 heavy (non-hydrogen) atoms. The number of nitrogens with zero attached hydrogens (tertiary/aromatic N) is 2. The van der Waals surface area contributed by atoms with Crippen LogP contribution in [0.15, 0.2) is 18.2 Å². The van der Waals surface area contributed by atoms with Gasteiger partial charge in [-0.15, -0.1) is 0 Å². The lowest BCUT2D eigenvalue weighted by atomic mass is 10.0. The van der Waals surface area contributed by atoms with Gasteiger partial charge < -0.3 is 19.3 Å². The fourth-order valence-corrected chi connectivity index (χ4v) is 3.91. The first-order valence-corrected chi connectivity index (χ1v) is 9.15. The molecule has 2 fully saturated rings.